The molecule has 1 atom stereocenters. The van der Waals surface area contributed by atoms with Crippen molar-refractivity contribution in [1.82, 2.24) is 0 Å². The summed E-state index contributed by atoms with van der Waals surface area (Å²) in [5.74, 6) is -0.838. The SMILES string of the molecule is CCc1ccc(C[C@](C)(CN)C(=O)O)cc1. The van der Waals surface area contributed by atoms with Gasteiger partial charge >= 0.3 is 5.97 Å². The second-order valence-corrected chi connectivity index (χ2v) is 4.42. The maximum absolute atomic E-state index is 11.1. The van der Waals surface area contributed by atoms with E-state index in [9.17, 15) is 4.79 Å². The van der Waals surface area contributed by atoms with Gasteiger partial charge in [0.2, 0.25) is 0 Å². The Morgan fingerprint density at radius 1 is 1.31 bits per heavy atom. The van der Waals surface area contributed by atoms with Gasteiger partial charge in [0.25, 0.3) is 0 Å². The largest absolute Gasteiger partial charge is 0.481 e. The summed E-state index contributed by atoms with van der Waals surface area (Å²) in [6.45, 7) is 3.93. The molecule has 1 aromatic carbocycles. The number of aliphatic carboxylic acids is 1. The van der Waals surface area contributed by atoms with Crippen molar-refractivity contribution >= 4 is 5.97 Å². The molecule has 0 saturated carbocycles. The molecule has 1 aromatic rings. The molecular weight excluding hydrogens is 202 g/mol. The summed E-state index contributed by atoms with van der Waals surface area (Å²) in [5.41, 5.74) is 6.94. The van der Waals surface area contributed by atoms with Gasteiger partial charge < -0.3 is 10.8 Å². The van der Waals surface area contributed by atoms with Crippen LogP contribution in [0.5, 0.6) is 0 Å². The van der Waals surface area contributed by atoms with E-state index >= 15 is 0 Å². The summed E-state index contributed by atoms with van der Waals surface area (Å²) in [6, 6.07) is 8.04. The van der Waals surface area contributed by atoms with Gasteiger partial charge in [-0.3, -0.25) is 4.79 Å². The second-order valence-electron chi connectivity index (χ2n) is 4.42. The summed E-state index contributed by atoms with van der Waals surface area (Å²) in [7, 11) is 0. The van der Waals surface area contributed by atoms with Crippen molar-refractivity contribution < 1.29 is 9.90 Å². The molecule has 0 aromatic heterocycles. The number of benzene rings is 1. The van der Waals surface area contributed by atoms with Crippen LogP contribution < -0.4 is 5.73 Å². The van der Waals surface area contributed by atoms with Gasteiger partial charge in [-0.2, -0.15) is 0 Å². The molecule has 0 aliphatic rings. The molecule has 3 heteroatoms. The van der Waals surface area contributed by atoms with Gasteiger partial charge in [-0.15, -0.1) is 0 Å². The lowest BCUT2D eigenvalue weighted by Crippen LogP contribution is -2.37. The maximum Gasteiger partial charge on any atom is 0.310 e. The predicted octanol–water partition coefficient (Wildman–Crippen LogP) is 1.84. The molecule has 0 spiro atoms. The molecule has 0 unspecified atom stereocenters. The maximum atomic E-state index is 11.1. The highest BCUT2D eigenvalue weighted by Gasteiger charge is 2.31. The van der Waals surface area contributed by atoms with Crippen molar-refractivity contribution in [3.63, 3.8) is 0 Å². The molecule has 0 radical (unpaired) electrons. The molecule has 0 bridgehead atoms. The fourth-order valence-electron chi connectivity index (χ4n) is 1.58. The molecule has 3 nitrogen and oxygen atoms in total. The van der Waals surface area contributed by atoms with Crippen molar-refractivity contribution in [3.05, 3.63) is 35.4 Å². The van der Waals surface area contributed by atoms with Crippen LogP contribution in [0, 0.1) is 5.41 Å². The molecule has 0 amide bonds. The van der Waals surface area contributed by atoms with Crippen LogP contribution >= 0.6 is 0 Å². The van der Waals surface area contributed by atoms with Gasteiger partial charge in [-0.05, 0) is 30.9 Å². The molecule has 0 saturated heterocycles. The molecule has 16 heavy (non-hydrogen) atoms. The Labute approximate surface area is 96.3 Å². The number of hydrogen-bond donors (Lipinski definition) is 2. The average molecular weight is 221 g/mol. The van der Waals surface area contributed by atoms with Gasteiger partial charge in [0.15, 0.2) is 0 Å². The van der Waals surface area contributed by atoms with E-state index in [1.165, 1.54) is 5.56 Å². The number of carbonyl (C=O) groups is 1. The highest BCUT2D eigenvalue weighted by atomic mass is 16.4. The van der Waals surface area contributed by atoms with Gasteiger partial charge in [-0.1, -0.05) is 31.2 Å². The third kappa shape index (κ3) is 2.83. The van der Waals surface area contributed by atoms with Crippen LogP contribution in [-0.4, -0.2) is 17.6 Å². The Morgan fingerprint density at radius 3 is 2.19 bits per heavy atom. The normalized spacial score (nSPS) is 14.4. The zero-order valence-electron chi connectivity index (χ0n) is 9.86. The number of carboxylic acid groups (broad SMARTS) is 1. The smallest absolute Gasteiger partial charge is 0.310 e. The summed E-state index contributed by atoms with van der Waals surface area (Å²) >= 11 is 0. The van der Waals surface area contributed by atoms with Crippen molar-refractivity contribution in [1.29, 1.82) is 0 Å². The summed E-state index contributed by atoms with van der Waals surface area (Å²) < 4.78 is 0. The lowest BCUT2D eigenvalue weighted by Gasteiger charge is -2.22. The first-order valence-corrected chi connectivity index (χ1v) is 5.53. The highest BCUT2D eigenvalue weighted by molar-refractivity contribution is 5.74. The number of carboxylic acids is 1. The van der Waals surface area contributed by atoms with E-state index in [2.05, 4.69) is 6.92 Å². The highest BCUT2D eigenvalue weighted by Crippen LogP contribution is 2.22. The Morgan fingerprint density at radius 2 is 1.81 bits per heavy atom. The van der Waals surface area contributed by atoms with Gasteiger partial charge in [0, 0.05) is 6.54 Å². The Kier molecular flexibility index (Phi) is 4.07. The number of nitrogens with two attached hydrogens (primary N) is 1. The standard InChI is InChI=1S/C13H19NO2/c1-3-10-4-6-11(7-5-10)8-13(2,9-14)12(15)16/h4-7H,3,8-9,14H2,1-2H3,(H,15,16)/t13-/m1/s1. The first-order chi connectivity index (χ1) is 7.51. The van der Waals surface area contributed by atoms with Crippen molar-refractivity contribution in [2.24, 2.45) is 11.1 Å². The predicted molar refractivity (Wildman–Crippen MR) is 64.3 cm³/mol. The fraction of sp³-hybridized carbons (Fsp3) is 0.462. The minimum absolute atomic E-state index is 0.151. The van der Waals surface area contributed by atoms with Gasteiger partial charge in [-0.25, -0.2) is 0 Å². The first kappa shape index (κ1) is 12.7. The molecule has 88 valence electrons. The Bertz CT molecular complexity index is 359. The molecule has 0 fully saturated rings. The van der Waals surface area contributed by atoms with Crippen LogP contribution in [0.4, 0.5) is 0 Å². The molecule has 3 N–H and O–H groups in total. The Balaban J connectivity index is 2.82. The van der Waals surface area contributed by atoms with Crippen molar-refractivity contribution in [2.45, 2.75) is 26.7 Å². The minimum atomic E-state index is -0.867. The molecule has 0 aliphatic carbocycles. The number of aryl methyl sites for hydroxylation is 1. The third-order valence-electron chi connectivity index (χ3n) is 2.99. The number of rotatable bonds is 5. The van der Waals surface area contributed by atoms with Crippen molar-refractivity contribution in [3.8, 4) is 0 Å². The van der Waals surface area contributed by atoms with Gasteiger partial charge in [0.05, 0.1) is 5.41 Å². The van der Waals surface area contributed by atoms with E-state index in [1.54, 1.807) is 6.92 Å². The third-order valence-corrected chi connectivity index (χ3v) is 2.99. The second kappa shape index (κ2) is 5.12. The molecular formula is C13H19NO2. The zero-order valence-corrected chi connectivity index (χ0v) is 9.86. The van der Waals surface area contributed by atoms with Crippen LogP contribution in [0.25, 0.3) is 0 Å². The van der Waals surface area contributed by atoms with Crippen molar-refractivity contribution in [2.75, 3.05) is 6.54 Å². The minimum Gasteiger partial charge on any atom is -0.481 e. The quantitative estimate of drug-likeness (QED) is 0.797. The Hall–Kier alpha value is -1.35. The first-order valence-electron chi connectivity index (χ1n) is 5.53. The fourth-order valence-corrected chi connectivity index (χ4v) is 1.58. The van der Waals surface area contributed by atoms with E-state index < -0.39 is 11.4 Å². The van der Waals surface area contributed by atoms with Crippen LogP contribution in [-0.2, 0) is 17.6 Å². The number of hydrogen-bond acceptors (Lipinski definition) is 2. The van der Waals surface area contributed by atoms with E-state index in [0.29, 0.717) is 6.42 Å². The lowest BCUT2D eigenvalue weighted by atomic mass is 9.83. The summed E-state index contributed by atoms with van der Waals surface area (Å²) in [4.78, 5) is 11.1. The van der Waals surface area contributed by atoms with Crippen LogP contribution in [0.2, 0.25) is 0 Å². The lowest BCUT2D eigenvalue weighted by molar-refractivity contribution is -0.147. The van der Waals surface area contributed by atoms with Crippen LogP contribution in [0.1, 0.15) is 25.0 Å². The van der Waals surface area contributed by atoms with E-state index in [1.807, 2.05) is 24.3 Å². The molecule has 1 rings (SSSR count). The topological polar surface area (TPSA) is 63.3 Å². The van der Waals surface area contributed by atoms with E-state index in [-0.39, 0.29) is 6.54 Å². The summed E-state index contributed by atoms with van der Waals surface area (Å²) in [6.07, 6.45) is 1.47. The molecule has 0 heterocycles. The van der Waals surface area contributed by atoms with Gasteiger partial charge in [0.1, 0.15) is 0 Å². The van der Waals surface area contributed by atoms with Crippen LogP contribution in [0.15, 0.2) is 24.3 Å². The molecule has 0 aliphatic heterocycles. The average Bonchev–Trinajstić information content (AvgIpc) is 2.29. The zero-order chi connectivity index (χ0) is 12.2. The van der Waals surface area contributed by atoms with E-state index in [0.717, 1.165) is 12.0 Å². The van der Waals surface area contributed by atoms with E-state index in [4.69, 9.17) is 10.8 Å². The summed E-state index contributed by atoms with van der Waals surface area (Å²) in [5, 5.41) is 9.11. The monoisotopic (exact) mass is 221 g/mol. The van der Waals surface area contributed by atoms with Crippen LogP contribution in [0.3, 0.4) is 0 Å².